The molecule has 0 atom stereocenters. The molecule has 4 rings (SSSR count). The number of aryl methyl sites for hydroxylation is 1. The smallest absolute Gasteiger partial charge is 0.274 e. The molecule has 0 saturated carbocycles. The second-order valence-electron chi connectivity index (χ2n) is 6.69. The van der Waals surface area contributed by atoms with Crippen LogP contribution in [0.5, 0.6) is 0 Å². The summed E-state index contributed by atoms with van der Waals surface area (Å²) in [5.74, 6) is 0.0197. The summed E-state index contributed by atoms with van der Waals surface area (Å²) in [4.78, 5) is 18.6. The number of nitrogens with zero attached hydrogens (tertiary/aromatic N) is 4. The maximum absolute atomic E-state index is 12.9. The van der Waals surface area contributed by atoms with Gasteiger partial charge in [0.2, 0.25) is 0 Å². The van der Waals surface area contributed by atoms with E-state index < -0.39 is 0 Å². The molecule has 1 fully saturated rings. The number of para-hydroxylation sites is 1. The Hall–Kier alpha value is -1.96. The first-order chi connectivity index (χ1) is 13.1. The molecule has 0 bridgehead atoms. The van der Waals surface area contributed by atoms with Gasteiger partial charge in [0.15, 0.2) is 5.69 Å². The van der Waals surface area contributed by atoms with Gasteiger partial charge in [0.1, 0.15) is 0 Å². The van der Waals surface area contributed by atoms with Crippen LogP contribution in [0.3, 0.4) is 0 Å². The molecular weight excluding hydrogens is 424 g/mol. The standard InChI is InChI=1S/C20H21BrN4OS/c1-15-13-18(22-25(15)16-5-3-2-4-6-16)20(26)24-11-9-23(10-12-24)14-17-7-8-19(21)27-17/h2-8,13H,9-12,14H2,1H3. The van der Waals surface area contributed by atoms with Crippen molar-refractivity contribution in [1.82, 2.24) is 19.6 Å². The Balaban J connectivity index is 1.39. The van der Waals surface area contributed by atoms with Crippen molar-refractivity contribution in [3.8, 4) is 5.69 Å². The summed E-state index contributed by atoms with van der Waals surface area (Å²) >= 11 is 5.28. The van der Waals surface area contributed by atoms with E-state index in [2.05, 4.69) is 38.1 Å². The first-order valence-electron chi connectivity index (χ1n) is 8.98. The molecular formula is C20H21BrN4OS. The highest BCUT2D eigenvalue weighted by molar-refractivity contribution is 9.11. The lowest BCUT2D eigenvalue weighted by molar-refractivity contribution is 0.0623. The van der Waals surface area contributed by atoms with E-state index in [1.54, 1.807) is 11.3 Å². The molecule has 1 aliphatic heterocycles. The topological polar surface area (TPSA) is 41.4 Å². The number of aromatic nitrogens is 2. The van der Waals surface area contributed by atoms with E-state index in [9.17, 15) is 4.79 Å². The Labute approximate surface area is 171 Å². The van der Waals surface area contributed by atoms with Crippen molar-refractivity contribution in [1.29, 1.82) is 0 Å². The summed E-state index contributed by atoms with van der Waals surface area (Å²) in [6.45, 7) is 6.18. The summed E-state index contributed by atoms with van der Waals surface area (Å²) < 4.78 is 2.99. The Bertz CT molecular complexity index is 929. The van der Waals surface area contributed by atoms with Crippen LogP contribution in [0.2, 0.25) is 0 Å². The fraction of sp³-hybridized carbons (Fsp3) is 0.300. The van der Waals surface area contributed by atoms with E-state index in [1.807, 2.05) is 52.9 Å². The van der Waals surface area contributed by atoms with Gasteiger partial charge in [-0.15, -0.1) is 11.3 Å². The average Bonchev–Trinajstić information content (AvgIpc) is 3.28. The van der Waals surface area contributed by atoms with Gasteiger partial charge in [-0.25, -0.2) is 4.68 Å². The first-order valence-corrected chi connectivity index (χ1v) is 10.6. The minimum atomic E-state index is 0.0197. The van der Waals surface area contributed by atoms with Gasteiger partial charge in [-0.05, 0) is 53.2 Å². The number of piperazine rings is 1. The third-order valence-electron chi connectivity index (χ3n) is 4.78. The Morgan fingerprint density at radius 2 is 1.85 bits per heavy atom. The highest BCUT2D eigenvalue weighted by atomic mass is 79.9. The Morgan fingerprint density at radius 1 is 1.11 bits per heavy atom. The van der Waals surface area contributed by atoms with Crippen molar-refractivity contribution in [3.05, 3.63) is 68.6 Å². The molecule has 7 heteroatoms. The highest BCUT2D eigenvalue weighted by Crippen LogP contribution is 2.24. The van der Waals surface area contributed by atoms with Crippen LogP contribution in [0.1, 0.15) is 21.1 Å². The summed E-state index contributed by atoms with van der Waals surface area (Å²) in [6, 6.07) is 16.0. The van der Waals surface area contributed by atoms with Crippen LogP contribution in [0.25, 0.3) is 5.69 Å². The number of hydrogen-bond acceptors (Lipinski definition) is 4. The molecule has 0 radical (unpaired) electrons. The van der Waals surface area contributed by atoms with E-state index in [4.69, 9.17) is 0 Å². The van der Waals surface area contributed by atoms with Gasteiger partial charge in [0.25, 0.3) is 5.91 Å². The van der Waals surface area contributed by atoms with Gasteiger partial charge in [0.05, 0.1) is 9.47 Å². The van der Waals surface area contributed by atoms with Crippen molar-refractivity contribution in [2.45, 2.75) is 13.5 Å². The third-order valence-corrected chi connectivity index (χ3v) is 6.38. The molecule has 3 heterocycles. The molecule has 1 amide bonds. The fourth-order valence-corrected chi connectivity index (χ4v) is 4.86. The molecule has 0 N–H and O–H groups in total. The number of rotatable bonds is 4. The predicted molar refractivity (Wildman–Crippen MR) is 112 cm³/mol. The lowest BCUT2D eigenvalue weighted by Crippen LogP contribution is -2.48. The lowest BCUT2D eigenvalue weighted by Gasteiger charge is -2.34. The molecule has 1 aliphatic rings. The summed E-state index contributed by atoms with van der Waals surface area (Å²) in [7, 11) is 0. The SMILES string of the molecule is Cc1cc(C(=O)N2CCN(Cc3ccc(Br)s3)CC2)nn1-c1ccccc1. The third kappa shape index (κ3) is 4.15. The largest absolute Gasteiger partial charge is 0.335 e. The molecule has 1 saturated heterocycles. The van der Waals surface area contributed by atoms with E-state index in [0.29, 0.717) is 5.69 Å². The van der Waals surface area contributed by atoms with Crippen molar-refractivity contribution < 1.29 is 4.79 Å². The lowest BCUT2D eigenvalue weighted by atomic mass is 10.2. The van der Waals surface area contributed by atoms with Gasteiger partial charge in [-0.3, -0.25) is 9.69 Å². The summed E-state index contributed by atoms with van der Waals surface area (Å²) in [5.41, 5.74) is 2.46. The molecule has 27 heavy (non-hydrogen) atoms. The van der Waals surface area contributed by atoms with Crippen LogP contribution < -0.4 is 0 Å². The van der Waals surface area contributed by atoms with Gasteiger partial charge < -0.3 is 4.90 Å². The first kappa shape index (κ1) is 18.4. The van der Waals surface area contributed by atoms with Crippen molar-refractivity contribution in [2.24, 2.45) is 0 Å². The van der Waals surface area contributed by atoms with Crippen LogP contribution >= 0.6 is 27.3 Å². The van der Waals surface area contributed by atoms with Gasteiger partial charge in [0, 0.05) is 43.3 Å². The second kappa shape index (κ2) is 7.96. The second-order valence-corrected chi connectivity index (χ2v) is 9.24. The molecule has 1 aromatic carbocycles. The number of benzene rings is 1. The van der Waals surface area contributed by atoms with Crippen molar-refractivity contribution in [3.63, 3.8) is 0 Å². The van der Waals surface area contributed by atoms with Crippen molar-refractivity contribution in [2.75, 3.05) is 26.2 Å². The zero-order chi connectivity index (χ0) is 18.8. The molecule has 0 aliphatic carbocycles. The van der Waals surface area contributed by atoms with Crippen LogP contribution in [-0.4, -0.2) is 51.7 Å². The summed E-state index contributed by atoms with van der Waals surface area (Å²) in [5, 5.41) is 4.55. The van der Waals surface area contributed by atoms with Gasteiger partial charge in [-0.1, -0.05) is 18.2 Å². The molecule has 2 aromatic heterocycles. The number of amides is 1. The monoisotopic (exact) mass is 444 g/mol. The van der Waals surface area contributed by atoms with E-state index in [0.717, 1.165) is 47.9 Å². The van der Waals surface area contributed by atoms with Crippen LogP contribution in [-0.2, 0) is 6.54 Å². The predicted octanol–water partition coefficient (Wildman–Crippen LogP) is 3.96. The maximum Gasteiger partial charge on any atom is 0.274 e. The Morgan fingerprint density at radius 3 is 2.52 bits per heavy atom. The molecule has 0 unspecified atom stereocenters. The zero-order valence-corrected chi connectivity index (χ0v) is 17.5. The Kier molecular flexibility index (Phi) is 5.43. The number of carbonyl (C=O) groups is 1. The van der Waals surface area contributed by atoms with Crippen molar-refractivity contribution >= 4 is 33.2 Å². The van der Waals surface area contributed by atoms with Crippen LogP contribution in [0, 0.1) is 6.92 Å². The van der Waals surface area contributed by atoms with E-state index >= 15 is 0 Å². The minimum Gasteiger partial charge on any atom is -0.335 e. The van der Waals surface area contributed by atoms with Gasteiger partial charge in [-0.2, -0.15) is 5.10 Å². The van der Waals surface area contributed by atoms with Gasteiger partial charge >= 0.3 is 0 Å². The average molecular weight is 445 g/mol. The number of halogens is 1. The molecule has 5 nitrogen and oxygen atoms in total. The minimum absolute atomic E-state index is 0.0197. The molecule has 140 valence electrons. The quantitative estimate of drug-likeness (QED) is 0.611. The van der Waals surface area contributed by atoms with E-state index in [-0.39, 0.29) is 5.91 Å². The molecule has 3 aromatic rings. The number of hydrogen-bond donors (Lipinski definition) is 0. The van der Waals surface area contributed by atoms with Crippen LogP contribution in [0.15, 0.2) is 52.3 Å². The highest BCUT2D eigenvalue weighted by Gasteiger charge is 2.24. The zero-order valence-electron chi connectivity index (χ0n) is 15.1. The molecule has 0 spiro atoms. The van der Waals surface area contributed by atoms with E-state index in [1.165, 1.54) is 4.88 Å². The van der Waals surface area contributed by atoms with Crippen LogP contribution in [0.4, 0.5) is 0 Å². The number of carbonyl (C=O) groups excluding carboxylic acids is 1. The number of thiophene rings is 1. The summed E-state index contributed by atoms with van der Waals surface area (Å²) in [6.07, 6.45) is 0. The maximum atomic E-state index is 12.9. The fourth-order valence-electron chi connectivity index (χ4n) is 3.34. The normalized spacial score (nSPS) is 15.3.